The molecule has 1 aromatic rings. The number of hydrogen-bond donors (Lipinski definition) is 2. The normalized spacial score (nSPS) is 22.1. The summed E-state index contributed by atoms with van der Waals surface area (Å²) in [5.41, 5.74) is 0. The van der Waals surface area contributed by atoms with E-state index in [2.05, 4.69) is 20.6 Å². The van der Waals surface area contributed by atoms with Gasteiger partial charge in [-0.2, -0.15) is 4.98 Å². The minimum absolute atomic E-state index is 0.174. The zero-order valence-corrected chi connectivity index (χ0v) is 11.7. The predicted octanol–water partition coefficient (Wildman–Crippen LogP) is 1.98. The molecule has 0 radical (unpaired) electrons. The summed E-state index contributed by atoms with van der Waals surface area (Å²) in [6.45, 7) is 4.92. The highest BCUT2D eigenvalue weighted by Crippen LogP contribution is 2.29. The number of aromatic nitrogens is 2. The van der Waals surface area contributed by atoms with Crippen LogP contribution in [0.15, 0.2) is 6.07 Å². The Morgan fingerprint density at radius 2 is 2.25 bits per heavy atom. The van der Waals surface area contributed by atoms with E-state index in [4.69, 9.17) is 4.74 Å². The van der Waals surface area contributed by atoms with Crippen LogP contribution < -0.4 is 15.4 Å². The van der Waals surface area contributed by atoms with E-state index in [1.54, 1.807) is 13.0 Å². The van der Waals surface area contributed by atoms with Crippen molar-refractivity contribution >= 4 is 5.82 Å². The van der Waals surface area contributed by atoms with Crippen molar-refractivity contribution in [3.63, 3.8) is 0 Å². The maximum Gasteiger partial charge on any atom is 0.269 e. The molecule has 1 fully saturated rings. The number of halogens is 2. The number of rotatable bonds is 4. The fourth-order valence-electron chi connectivity index (χ4n) is 2.20. The molecule has 2 N–H and O–H groups in total. The maximum atomic E-state index is 14.0. The van der Waals surface area contributed by atoms with E-state index < -0.39 is 12.0 Å². The molecule has 1 atom stereocenters. The molecule has 20 heavy (non-hydrogen) atoms. The molecule has 1 aliphatic rings. The number of nitrogens with zero attached hydrogens (tertiary/aromatic N) is 2. The standard InChI is InChI=1S/C13H20F2N4O/c1-3-20-12-8-11(17-9(2)18-12)19-10-4-6-16-7-5-13(10,14)15/h8,10,16H,3-7H2,1-2H3,(H,17,18,19). The van der Waals surface area contributed by atoms with Crippen LogP contribution >= 0.6 is 0 Å². The summed E-state index contributed by atoms with van der Waals surface area (Å²) in [5, 5.41) is 5.81. The number of aryl methyl sites for hydroxylation is 1. The lowest BCUT2D eigenvalue weighted by Gasteiger charge is -2.26. The molecule has 1 aliphatic heterocycles. The summed E-state index contributed by atoms with van der Waals surface area (Å²) in [5.74, 6) is -1.48. The molecule has 0 spiro atoms. The number of anilines is 1. The molecule has 0 bridgehead atoms. The van der Waals surface area contributed by atoms with Crippen molar-refractivity contribution < 1.29 is 13.5 Å². The third kappa shape index (κ3) is 3.75. The second kappa shape index (κ2) is 6.30. The maximum absolute atomic E-state index is 14.0. The number of alkyl halides is 2. The molecule has 0 saturated carbocycles. The van der Waals surface area contributed by atoms with E-state index in [-0.39, 0.29) is 6.42 Å². The number of nitrogens with one attached hydrogen (secondary N) is 2. The zero-order chi connectivity index (χ0) is 14.6. The molecular formula is C13H20F2N4O. The minimum Gasteiger partial charge on any atom is -0.478 e. The Morgan fingerprint density at radius 1 is 1.45 bits per heavy atom. The lowest BCUT2D eigenvalue weighted by atomic mass is 10.1. The number of ether oxygens (including phenoxy) is 1. The van der Waals surface area contributed by atoms with Crippen LogP contribution in [0.3, 0.4) is 0 Å². The van der Waals surface area contributed by atoms with Gasteiger partial charge in [0.2, 0.25) is 5.88 Å². The average molecular weight is 286 g/mol. The second-order valence-corrected chi connectivity index (χ2v) is 4.82. The van der Waals surface area contributed by atoms with Crippen LogP contribution in [-0.4, -0.2) is 41.6 Å². The Kier molecular flexibility index (Phi) is 4.69. The van der Waals surface area contributed by atoms with Crippen LogP contribution in [-0.2, 0) is 0 Å². The van der Waals surface area contributed by atoms with Gasteiger partial charge in [0.1, 0.15) is 11.6 Å². The quantitative estimate of drug-likeness (QED) is 0.886. The summed E-state index contributed by atoms with van der Waals surface area (Å²) < 4.78 is 33.3. The summed E-state index contributed by atoms with van der Waals surface area (Å²) in [6, 6.07) is 0.631. The van der Waals surface area contributed by atoms with Crippen LogP contribution in [0, 0.1) is 6.92 Å². The summed E-state index contributed by atoms with van der Waals surface area (Å²) in [6.07, 6.45) is 0.174. The van der Waals surface area contributed by atoms with Gasteiger partial charge >= 0.3 is 0 Å². The SMILES string of the molecule is CCOc1cc(NC2CCNCCC2(F)F)nc(C)n1. The molecule has 2 rings (SSSR count). The van der Waals surface area contributed by atoms with Gasteiger partial charge in [-0.25, -0.2) is 13.8 Å². The smallest absolute Gasteiger partial charge is 0.269 e. The van der Waals surface area contributed by atoms with Gasteiger partial charge in [-0.05, 0) is 26.8 Å². The van der Waals surface area contributed by atoms with Crippen molar-refractivity contribution in [2.75, 3.05) is 25.0 Å². The summed E-state index contributed by atoms with van der Waals surface area (Å²) in [7, 11) is 0. The van der Waals surface area contributed by atoms with Crippen molar-refractivity contribution in [2.45, 2.75) is 38.7 Å². The van der Waals surface area contributed by atoms with E-state index in [1.807, 2.05) is 6.92 Å². The molecule has 2 heterocycles. The minimum atomic E-state index is -2.76. The van der Waals surface area contributed by atoms with Gasteiger partial charge in [0, 0.05) is 19.0 Å². The molecule has 0 aromatic carbocycles. The molecule has 0 aliphatic carbocycles. The van der Waals surface area contributed by atoms with Crippen LogP contribution in [0.4, 0.5) is 14.6 Å². The van der Waals surface area contributed by atoms with Crippen molar-refractivity contribution in [2.24, 2.45) is 0 Å². The molecule has 1 unspecified atom stereocenters. The predicted molar refractivity (Wildman–Crippen MR) is 72.4 cm³/mol. The first kappa shape index (κ1) is 14.9. The Morgan fingerprint density at radius 3 is 3.00 bits per heavy atom. The van der Waals surface area contributed by atoms with Crippen LogP contribution in [0.2, 0.25) is 0 Å². The van der Waals surface area contributed by atoms with E-state index in [9.17, 15) is 8.78 Å². The number of hydrogen-bond acceptors (Lipinski definition) is 5. The second-order valence-electron chi connectivity index (χ2n) is 4.82. The van der Waals surface area contributed by atoms with Gasteiger partial charge in [0.05, 0.1) is 12.6 Å². The topological polar surface area (TPSA) is 59.1 Å². The van der Waals surface area contributed by atoms with Gasteiger partial charge in [-0.3, -0.25) is 0 Å². The highest BCUT2D eigenvalue weighted by atomic mass is 19.3. The fourth-order valence-corrected chi connectivity index (χ4v) is 2.20. The monoisotopic (exact) mass is 286 g/mol. The first-order chi connectivity index (χ1) is 9.51. The summed E-state index contributed by atoms with van der Waals surface area (Å²) in [4.78, 5) is 8.25. The van der Waals surface area contributed by atoms with Gasteiger partial charge < -0.3 is 15.4 Å². The van der Waals surface area contributed by atoms with Crippen molar-refractivity contribution in [3.05, 3.63) is 11.9 Å². The van der Waals surface area contributed by atoms with E-state index >= 15 is 0 Å². The third-order valence-corrected chi connectivity index (χ3v) is 3.18. The van der Waals surface area contributed by atoms with E-state index in [0.717, 1.165) is 0 Å². The molecule has 0 amide bonds. The summed E-state index contributed by atoms with van der Waals surface area (Å²) >= 11 is 0. The molecule has 1 aromatic heterocycles. The highest BCUT2D eigenvalue weighted by molar-refractivity contribution is 5.40. The van der Waals surface area contributed by atoms with E-state index in [1.165, 1.54) is 0 Å². The third-order valence-electron chi connectivity index (χ3n) is 3.18. The van der Waals surface area contributed by atoms with Crippen molar-refractivity contribution in [1.29, 1.82) is 0 Å². The highest BCUT2D eigenvalue weighted by Gasteiger charge is 2.40. The zero-order valence-electron chi connectivity index (χ0n) is 11.7. The molecular weight excluding hydrogens is 266 g/mol. The van der Waals surface area contributed by atoms with Crippen LogP contribution in [0.5, 0.6) is 5.88 Å². The van der Waals surface area contributed by atoms with Gasteiger partial charge in [-0.1, -0.05) is 0 Å². The van der Waals surface area contributed by atoms with Gasteiger partial charge in [-0.15, -0.1) is 0 Å². The first-order valence-electron chi connectivity index (χ1n) is 6.85. The Bertz CT molecular complexity index is 456. The van der Waals surface area contributed by atoms with E-state index in [0.29, 0.717) is 43.6 Å². The lowest BCUT2D eigenvalue weighted by molar-refractivity contribution is -0.0215. The molecule has 7 heteroatoms. The fraction of sp³-hybridized carbons (Fsp3) is 0.692. The first-order valence-corrected chi connectivity index (χ1v) is 6.85. The average Bonchev–Trinajstić information content (AvgIpc) is 2.51. The largest absolute Gasteiger partial charge is 0.478 e. The molecule has 1 saturated heterocycles. The van der Waals surface area contributed by atoms with Crippen molar-refractivity contribution in [3.8, 4) is 5.88 Å². The Hall–Kier alpha value is -1.50. The molecule has 5 nitrogen and oxygen atoms in total. The van der Waals surface area contributed by atoms with Crippen molar-refractivity contribution in [1.82, 2.24) is 15.3 Å². The Balaban J connectivity index is 2.15. The Labute approximate surface area is 117 Å². The molecule has 112 valence electrons. The lowest BCUT2D eigenvalue weighted by Crippen LogP contribution is -2.39. The van der Waals surface area contributed by atoms with Crippen LogP contribution in [0.25, 0.3) is 0 Å². The van der Waals surface area contributed by atoms with Gasteiger partial charge in [0.25, 0.3) is 5.92 Å². The van der Waals surface area contributed by atoms with Gasteiger partial charge in [0.15, 0.2) is 0 Å². The van der Waals surface area contributed by atoms with Crippen LogP contribution in [0.1, 0.15) is 25.6 Å².